The summed E-state index contributed by atoms with van der Waals surface area (Å²) in [5.74, 6) is 1.51. The number of hydrogen-bond donors (Lipinski definition) is 1. The van der Waals surface area contributed by atoms with Gasteiger partial charge in [-0.3, -0.25) is 4.90 Å². The molecule has 0 amide bonds. The molecule has 4 nitrogen and oxygen atoms in total. The molecule has 1 aliphatic heterocycles. The maximum absolute atomic E-state index is 11.1. The molecule has 1 aromatic carbocycles. The Kier molecular flexibility index (Phi) is 6.73. The molecule has 2 fully saturated rings. The molecule has 1 saturated heterocycles. The van der Waals surface area contributed by atoms with Gasteiger partial charge in [0.25, 0.3) is 0 Å². The fourth-order valence-corrected chi connectivity index (χ4v) is 4.53. The maximum Gasteiger partial charge on any atom is 0.134 e. The predicted molar refractivity (Wildman–Crippen MR) is 109 cm³/mol. The summed E-state index contributed by atoms with van der Waals surface area (Å²) in [6.07, 6.45) is 4.95. The van der Waals surface area contributed by atoms with Crippen LogP contribution in [0.1, 0.15) is 46.5 Å². The Balaban J connectivity index is 1.57. The molecule has 3 rings (SSSR count). The average molecular weight is 396 g/mol. The number of nitrogens with zero attached hydrogens (tertiary/aromatic N) is 1. The molecule has 1 heterocycles. The Bertz CT molecular complexity index is 593. The van der Waals surface area contributed by atoms with Gasteiger partial charge < -0.3 is 14.6 Å². The molecule has 0 unspecified atom stereocenters. The Morgan fingerprint density at radius 1 is 1.19 bits per heavy atom. The number of hydrogen-bond acceptors (Lipinski definition) is 4. The number of rotatable bonds is 4. The minimum atomic E-state index is -0.989. The van der Waals surface area contributed by atoms with Crippen LogP contribution in [0.25, 0.3) is 0 Å². The Hall–Kier alpha value is -0.810. The summed E-state index contributed by atoms with van der Waals surface area (Å²) in [7, 11) is 0. The summed E-state index contributed by atoms with van der Waals surface area (Å²) in [5, 5.41) is 11.8. The first-order valence-electron chi connectivity index (χ1n) is 10.2. The van der Waals surface area contributed by atoms with Crippen molar-refractivity contribution in [2.24, 2.45) is 11.3 Å². The summed E-state index contributed by atoms with van der Waals surface area (Å²) < 4.78 is 11.6. The van der Waals surface area contributed by atoms with Crippen molar-refractivity contribution >= 4 is 11.6 Å². The van der Waals surface area contributed by atoms with Gasteiger partial charge in [0.2, 0.25) is 0 Å². The van der Waals surface area contributed by atoms with E-state index in [1.54, 1.807) is 12.1 Å². The van der Waals surface area contributed by atoms with E-state index in [1.165, 1.54) is 25.7 Å². The van der Waals surface area contributed by atoms with Gasteiger partial charge in [0.15, 0.2) is 0 Å². The van der Waals surface area contributed by atoms with Gasteiger partial charge in [-0.2, -0.15) is 0 Å². The van der Waals surface area contributed by atoms with E-state index in [-0.39, 0.29) is 6.61 Å². The van der Waals surface area contributed by atoms with Crippen molar-refractivity contribution in [3.63, 3.8) is 0 Å². The second-order valence-corrected chi connectivity index (χ2v) is 9.80. The molecule has 1 aromatic rings. The van der Waals surface area contributed by atoms with Gasteiger partial charge in [0.05, 0.1) is 13.2 Å². The summed E-state index contributed by atoms with van der Waals surface area (Å²) in [6.45, 7) is 9.75. The van der Waals surface area contributed by atoms with Crippen LogP contribution in [-0.4, -0.2) is 54.6 Å². The van der Waals surface area contributed by atoms with Crippen molar-refractivity contribution in [3.05, 3.63) is 29.3 Å². The molecular weight excluding hydrogens is 362 g/mol. The molecule has 0 radical (unpaired) electrons. The van der Waals surface area contributed by atoms with E-state index in [1.807, 2.05) is 12.1 Å². The van der Waals surface area contributed by atoms with Crippen LogP contribution in [0.3, 0.4) is 0 Å². The number of benzene rings is 1. The highest BCUT2D eigenvalue weighted by Gasteiger charge is 2.38. The van der Waals surface area contributed by atoms with Crippen LogP contribution in [-0.2, 0) is 4.74 Å². The van der Waals surface area contributed by atoms with Gasteiger partial charge in [-0.05, 0) is 61.3 Å². The quantitative estimate of drug-likeness (QED) is 0.821. The summed E-state index contributed by atoms with van der Waals surface area (Å²) >= 11 is 5.92. The Morgan fingerprint density at radius 3 is 2.48 bits per heavy atom. The number of β-amino-alcohol motifs (C(OH)–C–C–N with tert-alkyl or cyclic N) is 1. The molecule has 1 saturated carbocycles. The fraction of sp³-hybridized carbons (Fsp3) is 0.727. The van der Waals surface area contributed by atoms with Gasteiger partial charge in [-0.1, -0.05) is 32.4 Å². The smallest absolute Gasteiger partial charge is 0.134 e. The third-order valence-corrected chi connectivity index (χ3v) is 6.40. The largest absolute Gasteiger partial charge is 0.490 e. The van der Waals surface area contributed by atoms with Gasteiger partial charge in [-0.25, -0.2) is 0 Å². The normalized spacial score (nSPS) is 30.7. The zero-order valence-electron chi connectivity index (χ0n) is 16.9. The van der Waals surface area contributed by atoms with Crippen molar-refractivity contribution < 1.29 is 14.6 Å². The van der Waals surface area contributed by atoms with Gasteiger partial charge in [-0.15, -0.1) is 0 Å². The lowest BCUT2D eigenvalue weighted by Crippen LogP contribution is -2.52. The maximum atomic E-state index is 11.1. The van der Waals surface area contributed by atoms with E-state index < -0.39 is 5.60 Å². The highest BCUT2D eigenvalue weighted by atomic mass is 35.5. The average Bonchev–Trinajstić information content (AvgIpc) is 2.83. The van der Waals surface area contributed by atoms with Crippen molar-refractivity contribution in [3.8, 4) is 5.75 Å². The van der Waals surface area contributed by atoms with Crippen LogP contribution in [0.4, 0.5) is 0 Å². The molecule has 5 heteroatoms. The highest BCUT2D eigenvalue weighted by Crippen LogP contribution is 2.39. The fourth-order valence-electron chi connectivity index (χ4n) is 4.40. The SMILES string of the molecule is CC(C)(C)C1CCC(N2CCOC[C@@](O)(COc3ccc(Cl)cc3)C2)CC1. The minimum Gasteiger partial charge on any atom is -0.490 e. The lowest BCUT2D eigenvalue weighted by atomic mass is 9.71. The highest BCUT2D eigenvalue weighted by molar-refractivity contribution is 6.30. The van der Waals surface area contributed by atoms with Gasteiger partial charge in [0.1, 0.15) is 18.0 Å². The zero-order valence-corrected chi connectivity index (χ0v) is 17.7. The van der Waals surface area contributed by atoms with Gasteiger partial charge >= 0.3 is 0 Å². The summed E-state index contributed by atoms with van der Waals surface area (Å²) in [6, 6.07) is 7.78. The van der Waals surface area contributed by atoms with Crippen molar-refractivity contribution in [2.75, 3.05) is 32.9 Å². The molecule has 27 heavy (non-hydrogen) atoms. The first-order chi connectivity index (χ1) is 12.8. The van der Waals surface area contributed by atoms with Crippen molar-refractivity contribution in [1.82, 2.24) is 4.90 Å². The molecule has 0 spiro atoms. The van der Waals surface area contributed by atoms with E-state index in [0.717, 1.165) is 12.5 Å². The van der Waals surface area contributed by atoms with E-state index >= 15 is 0 Å². The van der Waals surface area contributed by atoms with Crippen LogP contribution >= 0.6 is 11.6 Å². The van der Waals surface area contributed by atoms with Gasteiger partial charge in [0, 0.05) is 24.2 Å². The first kappa shape index (κ1) is 20.9. The standard InChI is InChI=1S/C22H34ClNO3/c1-21(2,3)17-4-8-19(9-5-17)24-12-13-26-15-22(25,14-24)16-27-20-10-6-18(23)7-11-20/h6-7,10-11,17,19,25H,4-5,8-9,12-16H2,1-3H3/t17?,19?,22-/m1/s1. The summed E-state index contributed by atoms with van der Waals surface area (Å²) in [4.78, 5) is 2.43. The number of aliphatic hydroxyl groups is 1. The third kappa shape index (κ3) is 5.83. The molecule has 2 aliphatic rings. The van der Waals surface area contributed by atoms with Crippen LogP contribution in [0.5, 0.6) is 5.75 Å². The lowest BCUT2D eigenvalue weighted by Gasteiger charge is -2.42. The molecule has 0 bridgehead atoms. The van der Waals surface area contributed by atoms with Crippen LogP contribution in [0, 0.1) is 11.3 Å². The summed E-state index contributed by atoms with van der Waals surface area (Å²) in [5.41, 5.74) is -0.600. The predicted octanol–water partition coefficient (Wildman–Crippen LogP) is 4.39. The number of halogens is 1. The van der Waals surface area contributed by atoms with Crippen LogP contribution in [0.15, 0.2) is 24.3 Å². The lowest BCUT2D eigenvalue weighted by molar-refractivity contribution is -0.0691. The van der Waals surface area contributed by atoms with Crippen molar-refractivity contribution in [1.29, 1.82) is 0 Å². The monoisotopic (exact) mass is 395 g/mol. The zero-order chi connectivity index (χ0) is 19.5. The second kappa shape index (κ2) is 8.69. The first-order valence-corrected chi connectivity index (χ1v) is 10.6. The molecule has 1 atom stereocenters. The Morgan fingerprint density at radius 2 is 1.85 bits per heavy atom. The topological polar surface area (TPSA) is 41.9 Å². The molecule has 1 N–H and O–H groups in total. The molecular formula is C22H34ClNO3. The van der Waals surface area contributed by atoms with E-state index in [2.05, 4.69) is 25.7 Å². The third-order valence-electron chi connectivity index (χ3n) is 6.15. The molecule has 152 valence electrons. The Labute approximate surface area is 168 Å². The van der Waals surface area contributed by atoms with E-state index in [9.17, 15) is 5.11 Å². The van der Waals surface area contributed by atoms with E-state index in [4.69, 9.17) is 21.1 Å². The minimum absolute atomic E-state index is 0.225. The molecule has 0 aromatic heterocycles. The van der Waals surface area contributed by atoms with Crippen LogP contribution < -0.4 is 4.74 Å². The molecule has 1 aliphatic carbocycles. The van der Waals surface area contributed by atoms with Crippen LogP contribution in [0.2, 0.25) is 5.02 Å². The second-order valence-electron chi connectivity index (χ2n) is 9.36. The van der Waals surface area contributed by atoms with E-state index in [0.29, 0.717) is 42.0 Å². The number of ether oxygens (including phenoxy) is 2. The van der Waals surface area contributed by atoms with Crippen molar-refractivity contribution in [2.45, 2.75) is 58.1 Å².